The number of methoxy groups -OCH3 is 1. The summed E-state index contributed by atoms with van der Waals surface area (Å²) in [5, 5.41) is 2.69. The van der Waals surface area contributed by atoms with E-state index < -0.39 is 5.82 Å². The number of ether oxygens (including phenoxy) is 1. The van der Waals surface area contributed by atoms with Crippen LogP contribution in [0.1, 0.15) is 15.9 Å². The van der Waals surface area contributed by atoms with Crippen molar-refractivity contribution in [3.05, 3.63) is 65.2 Å². The number of amides is 1. The molecule has 2 rings (SSSR count). The molecule has 1 N–H and O–H groups in total. The van der Waals surface area contributed by atoms with Crippen molar-refractivity contribution >= 4 is 5.91 Å². The van der Waals surface area contributed by atoms with Crippen molar-refractivity contribution in [2.75, 3.05) is 13.7 Å². The molecule has 0 saturated carbocycles. The molecule has 0 aromatic heterocycles. The predicted molar refractivity (Wildman–Crippen MR) is 75.4 cm³/mol. The van der Waals surface area contributed by atoms with Crippen LogP contribution in [0, 0.1) is 11.6 Å². The summed E-state index contributed by atoms with van der Waals surface area (Å²) < 4.78 is 31.0. The second-order valence-corrected chi connectivity index (χ2v) is 4.48. The summed E-state index contributed by atoms with van der Waals surface area (Å²) in [5.41, 5.74) is 1.14. The normalized spacial score (nSPS) is 10.2. The van der Waals surface area contributed by atoms with Gasteiger partial charge in [-0.25, -0.2) is 8.78 Å². The lowest BCUT2D eigenvalue weighted by Gasteiger charge is -2.07. The average Bonchev–Trinajstić information content (AvgIpc) is 2.49. The van der Waals surface area contributed by atoms with Crippen LogP contribution in [0.3, 0.4) is 0 Å². The minimum atomic E-state index is -0.580. The molecule has 0 heterocycles. The van der Waals surface area contributed by atoms with Crippen molar-refractivity contribution in [2.45, 2.75) is 6.42 Å². The van der Waals surface area contributed by atoms with E-state index in [2.05, 4.69) is 5.32 Å². The molecular formula is C16H15F2NO2. The highest BCUT2D eigenvalue weighted by Gasteiger charge is 2.09. The zero-order chi connectivity index (χ0) is 15.2. The summed E-state index contributed by atoms with van der Waals surface area (Å²) in [4.78, 5) is 11.9. The third kappa shape index (κ3) is 4.02. The minimum Gasteiger partial charge on any atom is -0.494 e. The summed E-state index contributed by atoms with van der Waals surface area (Å²) in [6.07, 6.45) is 0.574. The molecular weight excluding hydrogens is 276 g/mol. The maximum Gasteiger partial charge on any atom is 0.251 e. The Morgan fingerprint density at radius 1 is 1.14 bits per heavy atom. The molecule has 2 aromatic carbocycles. The van der Waals surface area contributed by atoms with Crippen molar-refractivity contribution in [3.63, 3.8) is 0 Å². The minimum absolute atomic E-state index is 0.0952. The van der Waals surface area contributed by atoms with Crippen LogP contribution in [0.15, 0.2) is 42.5 Å². The number of carbonyl (C=O) groups is 1. The van der Waals surface area contributed by atoms with Gasteiger partial charge in [-0.1, -0.05) is 12.1 Å². The molecule has 21 heavy (non-hydrogen) atoms. The van der Waals surface area contributed by atoms with Gasteiger partial charge < -0.3 is 10.1 Å². The molecule has 0 unspecified atom stereocenters. The molecule has 3 nitrogen and oxygen atoms in total. The van der Waals surface area contributed by atoms with Gasteiger partial charge in [0, 0.05) is 12.1 Å². The fraction of sp³-hybridized carbons (Fsp3) is 0.188. The maximum absolute atomic E-state index is 13.5. The van der Waals surface area contributed by atoms with Crippen molar-refractivity contribution in [3.8, 4) is 5.75 Å². The van der Waals surface area contributed by atoms with E-state index in [0.29, 0.717) is 13.0 Å². The molecule has 0 atom stereocenters. The van der Waals surface area contributed by atoms with Crippen molar-refractivity contribution in [1.29, 1.82) is 0 Å². The second kappa shape index (κ2) is 6.83. The standard InChI is InChI=1S/C16H15F2NO2/c1-21-15-7-4-12(10-14(15)18)16(20)19-9-8-11-2-5-13(17)6-3-11/h2-7,10H,8-9H2,1H3,(H,19,20). The first-order valence-corrected chi connectivity index (χ1v) is 6.46. The molecule has 110 valence electrons. The van der Waals surface area contributed by atoms with Gasteiger partial charge in [-0.2, -0.15) is 0 Å². The van der Waals surface area contributed by atoms with Crippen LogP contribution >= 0.6 is 0 Å². The third-order valence-corrected chi connectivity index (χ3v) is 3.03. The topological polar surface area (TPSA) is 38.3 Å². The molecule has 0 aliphatic carbocycles. The zero-order valence-corrected chi connectivity index (χ0v) is 11.5. The lowest BCUT2D eigenvalue weighted by atomic mass is 10.1. The smallest absolute Gasteiger partial charge is 0.251 e. The highest BCUT2D eigenvalue weighted by molar-refractivity contribution is 5.94. The van der Waals surface area contributed by atoms with Crippen molar-refractivity contribution in [2.24, 2.45) is 0 Å². The van der Waals surface area contributed by atoms with E-state index in [1.54, 1.807) is 12.1 Å². The van der Waals surface area contributed by atoms with Gasteiger partial charge in [0.15, 0.2) is 11.6 Å². The molecule has 0 aliphatic heterocycles. The Balaban J connectivity index is 1.89. The number of carbonyl (C=O) groups excluding carboxylic acids is 1. The van der Waals surface area contributed by atoms with Gasteiger partial charge in [0.1, 0.15) is 5.82 Å². The fourth-order valence-corrected chi connectivity index (χ4v) is 1.88. The van der Waals surface area contributed by atoms with E-state index in [1.807, 2.05) is 0 Å². The number of benzene rings is 2. The summed E-state index contributed by atoms with van der Waals surface area (Å²) in [5.74, 6) is -1.14. The molecule has 0 radical (unpaired) electrons. The monoisotopic (exact) mass is 291 g/mol. The van der Waals surface area contributed by atoms with Gasteiger partial charge in [-0.3, -0.25) is 4.79 Å². The van der Waals surface area contributed by atoms with Crippen LogP contribution in [0.5, 0.6) is 5.75 Å². The Morgan fingerprint density at radius 2 is 1.86 bits per heavy atom. The second-order valence-electron chi connectivity index (χ2n) is 4.48. The lowest BCUT2D eigenvalue weighted by molar-refractivity contribution is 0.0953. The predicted octanol–water partition coefficient (Wildman–Crippen LogP) is 2.95. The van der Waals surface area contributed by atoms with E-state index in [9.17, 15) is 13.6 Å². The van der Waals surface area contributed by atoms with Crippen LogP contribution in [0.25, 0.3) is 0 Å². The quantitative estimate of drug-likeness (QED) is 0.920. The van der Waals surface area contributed by atoms with Crippen LogP contribution in [-0.2, 0) is 6.42 Å². The summed E-state index contributed by atoms with van der Waals surface area (Å²) in [6, 6.07) is 10.1. The van der Waals surface area contributed by atoms with Gasteiger partial charge in [0.2, 0.25) is 0 Å². The average molecular weight is 291 g/mol. The van der Waals surface area contributed by atoms with Gasteiger partial charge in [0.25, 0.3) is 5.91 Å². The maximum atomic E-state index is 13.5. The Kier molecular flexibility index (Phi) is 4.87. The largest absolute Gasteiger partial charge is 0.494 e. The van der Waals surface area contributed by atoms with E-state index in [4.69, 9.17) is 4.74 Å². The molecule has 0 spiro atoms. The first kappa shape index (κ1) is 15.0. The molecule has 2 aromatic rings. The number of hydrogen-bond donors (Lipinski definition) is 1. The first-order valence-electron chi connectivity index (χ1n) is 6.46. The van der Waals surface area contributed by atoms with Crippen molar-refractivity contribution in [1.82, 2.24) is 5.32 Å². The molecule has 0 aliphatic rings. The lowest BCUT2D eigenvalue weighted by Crippen LogP contribution is -2.25. The van der Waals surface area contributed by atoms with Gasteiger partial charge >= 0.3 is 0 Å². The van der Waals surface area contributed by atoms with Gasteiger partial charge in [-0.05, 0) is 42.3 Å². The summed E-state index contributed by atoms with van der Waals surface area (Å²) in [7, 11) is 1.36. The highest BCUT2D eigenvalue weighted by atomic mass is 19.1. The van der Waals surface area contributed by atoms with Crippen molar-refractivity contribution < 1.29 is 18.3 Å². The van der Waals surface area contributed by atoms with Gasteiger partial charge in [0.05, 0.1) is 7.11 Å². The van der Waals surface area contributed by atoms with E-state index in [-0.39, 0.29) is 23.0 Å². The van der Waals surface area contributed by atoms with Crippen LogP contribution < -0.4 is 10.1 Å². The first-order chi connectivity index (χ1) is 10.1. The molecule has 1 amide bonds. The van der Waals surface area contributed by atoms with Crippen LogP contribution in [0.2, 0.25) is 0 Å². The number of rotatable bonds is 5. The van der Waals surface area contributed by atoms with Crippen LogP contribution in [-0.4, -0.2) is 19.6 Å². The fourth-order valence-electron chi connectivity index (χ4n) is 1.88. The number of hydrogen-bond acceptors (Lipinski definition) is 2. The van der Waals surface area contributed by atoms with E-state index in [1.165, 1.54) is 31.4 Å². The number of halogens is 2. The summed E-state index contributed by atoms with van der Waals surface area (Å²) >= 11 is 0. The summed E-state index contributed by atoms with van der Waals surface area (Å²) in [6.45, 7) is 0.387. The molecule has 5 heteroatoms. The third-order valence-electron chi connectivity index (χ3n) is 3.03. The Hall–Kier alpha value is -2.43. The molecule has 0 fully saturated rings. The van der Waals surface area contributed by atoms with Crippen LogP contribution in [0.4, 0.5) is 8.78 Å². The van der Waals surface area contributed by atoms with E-state index >= 15 is 0 Å². The Labute approximate surface area is 121 Å². The zero-order valence-electron chi connectivity index (χ0n) is 11.5. The Bertz CT molecular complexity index is 627. The SMILES string of the molecule is COc1ccc(C(=O)NCCc2ccc(F)cc2)cc1F. The molecule has 0 saturated heterocycles. The Morgan fingerprint density at radius 3 is 2.48 bits per heavy atom. The van der Waals surface area contributed by atoms with Gasteiger partial charge in [-0.15, -0.1) is 0 Å². The van der Waals surface area contributed by atoms with E-state index in [0.717, 1.165) is 11.6 Å². The number of nitrogens with one attached hydrogen (secondary N) is 1. The highest BCUT2D eigenvalue weighted by Crippen LogP contribution is 2.17. The molecule has 0 bridgehead atoms.